The van der Waals surface area contributed by atoms with Gasteiger partial charge in [-0.15, -0.1) is 0 Å². The van der Waals surface area contributed by atoms with Crippen LogP contribution in [0.3, 0.4) is 0 Å². The Hall–Kier alpha value is -2.46. The van der Waals surface area contributed by atoms with Gasteiger partial charge in [-0.05, 0) is 42.2 Å². The van der Waals surface area contributed by atoms with Crippen LogP contribution in [0.4, 0.5) is 0 Å². The van der Waals surface area contributed by atoms with Gasteiger partial charge in [0, 0.05) is 12.6 Å². The van der Waals surface area contributed by atoms with Crippen LogP contribution in [0.5, 0.6) is 11.5 Å². The molecule has 2 aromatic carbocycles. The minimum Gasteiger partial charge on any atom is -0.493 e. The lowest BCUT2D eigenvalue weighted by atomic mass is 10.0. The number of hydrogen-bond donors (Lipinski definition) is 0. The minimum atomic E-state index is 0.00209. The summed E-state index contributed by atoms with van der Waals surface area (Å²) in [5, 5.41) is 0.447. The number of benzene rings is 2. The molecule has 1 aliphatic heterocycles. The Bertz CT molecular complexity index is 804. The van der Waals surface area contributed by atoms with Crippen molar-refractivity contribution in [1.82, 2.24) is 4.90 Å². The Morgan fingerprint density at radius 1 is 1.19 bits per heavy atom. The smallest absolute Gasteiger partial charge is 0.247 e. The van der Waals surface area contributed by atoms with Crippen LogP contribution in [0.15, 0.2) is 48.5 Å². The summed E-state index contributed by atoms with van der Waals surface area (Å²) in [7, 11) is 3.10. The molecule has 0 unspecified atom stereocenters. The fourth-order valence-electron chi connectivity index (χ4n) is 3.35. The van der Waals surface area contributed by atoms with Gasteiger partial charge in [-0.1, -0.05) is 41.9 Å². The average molecular weight is 372 g/mol. The number of ether oxygens (including phenoxy) is 2. The van der Waals surface area contributed by atoms with Crippen molar-refractivity contribution in [3.05, 3.63) is 64.7 Å². The molecule has 1 atom stereocenters. The first-order valence-corrected chi connectivity index (χ1v) is 8.97. The molecule has 3 rings (SSSR count). The van der Waals surface area contributed by atoms with Gasteiger partial charge >= 0.3 is 0 Å². The molecular weight excluding hydrogens is 350 g/mol. The highest BCUT2D eigenvalue weighted by atomic mass is 35.5. The van der Waals surface area contributed by atoms with Crippen molar-refractivity contribution in [3.63, 3.8) is 0 Å². The quantitative estimate of drug-likeness (QED) is 0.713. The lowest BCUT2D eigenvalue weighted by Crippen LogP contribution is -2.28. The first-order valence-electron chi connectivity index (χ1n) is 8.59. The predicted octanol–water partition coefficient (Wildman–Crippen LogP) is 4.73. The first-order chi connectivity index (χ1) is 12.6. The molecule has 1 aliphatic rings. The van der Waals surface area contributed by atoms with Gasteiger partial charge in [0.05, 0.1) is 25.3 Å². The van der Waals surface area contributed by atoms with Crippen molar-refractivity contribution >= 4 is 23.6 Å². The largest absolute Gasteiger partial charge is 0.493 e. The zero-order chi connectivity index (χ0) is 18.5. The SMILES string of the molecule is COc1cc(/C=C/C(=O)N2CCC[C@H]2c2ccccc2)cc(Cl)c1OC. The summed E-state index contributed by atoms with van der Waals surface area (Å²) in [5.74, 6) is 1.03. The maximum Gasteiger partial charge on any atom is 0.247 e. The van der Waals surface area contributed by atoms with E-state index in [2.05, 4.69) is 12.1 Å². The third kappa shape index (κ3) is 3.86. The van der Waals surface area contributed by atoms with Crippen LogP contribution < -0.4 is 9.47 Å². The Morgan fingerprint density at radius 2 is 1.96 bits per heavy atom. The molecule has 1 amide bonds. The highest BCUT2D eigenvalue weighted by Crippen LogP contribution is 2.36. The fraction of sp³-hybridized carbons (Fsp3) is 0.286. The van der Waals surface area contributed by atoms with Crippen molar-refractivity contribution in [3.8, 4) is 11.5 Å². The summed E-state index contributed by atoms with van der Waals surface area (Å²) in [6.07, 6.45) is 5.36. The lowest BCUT2D eigenvalue weighted by Gasteiger charge is -2.23. The number of carbonyl (C=O) groups excluding carboxylic acids is 1. The molecule has 0 N–H and O–H groups in total. The molecule has 0 bridgehead atoms. The van der Waals surface area contributed by atoms with E-state index >= 15 is 0 Å². The van der Waals surface area contributed by atoms with E-state index in [-0.39, 0.29) is 11.9 Å². The maximum atomic E-state index is 12.7. The summed E-state index contributed by atoms with van der Waals surface area (Å²) < 4.78 is 10.5. The molecule has 0 aliphatic carbocycles. The molecule has 5 heteroatoms. The van der Waals surface area contributed by atoms with Crippen molar-refractivity contribution in [2.24, 2.45) is 0 Å². The molecule has 4 nitrogen and oxygen atoms in total. The van der Waals surface area contributed by atoms with Gasteiger partial charge in [-0.2, -0.15) is 0 Å². The highest BCUT2D eigenvalue weighted by Gasteiger charge is 2.28. The molecule has 0 radical (unpaired) electrons. The number of carbonyl (C=O) groups is 1. The van der Waals surface area contributed by atoms with Crippen LogP contribution in [0.25, 0.3) is 6.08 Å². The van der Waals surface area contributed by atoms with Crippen LogP contribution >= 0.6 is 11.6 Å². The van der Waals surface area contributed by atoms with Crippen LogP contribution in [-0.4, -0.2) is 31.6 Å². The monoisotopic (exact) mass is 371 g/mol. The molecule has 2 aromatic rings. The van der Waals surface area contributed by atoms with Crippen molar-refractivity contribution < 1.29 is 14.3 Å². The zero-order valence-electron chi connectivity index (χ0n) is 14.9. The lowest BCUT2D eigenvalue weighted by molar-refractivity contribution is -0.126. The predicted molar refractivity (Wildman–Crippen MR) is 104 cm³/mol. The summed E-state index contributed by atoms with van der Waals surface area (Å²) >= 11 is 6.22. The topological polar surface area (TPSA) is 38.8 Å². The molecule has 1 saturated heterocycles. The van der Waals surface area contributed by atoms with E-state index in [1.54, 1.807) is 38.5 Å². The van der Waals surface area contributed by atoms with Gasteiger partial charge in [0.25, 0.3) is 0 Å². The molecule has 136 valence electrons. The Morgan fingerprint density at radius 3 is 2.65 bits per heavy atom. The van der Waals surface area contributed by atoms with Gasteiger partial charge in [-0.3, -0.25) is 4.79 Å². The number of amides is 1. The Balaban J connectivity index is 1.78. The van der Waals surface area contributed by atoms with Crippen LogP contribution in [-0.2, 0) is 4.79 Å². The second kappa shape index (κ2) is 8.28. The van der Waals surface area contributed by atoms with Crippen LogP contribution in [0.1, 0.15) is 30.0 Å². The molecule has 0 aromatic heterocycles. The standard InChI is InChI=1S/C21H22ClNO3/c1-25-19-14-15(13-17(22)21(19)26-2)10-11-20(24)23-12-6-9-18(23)16-7-4-3-5-8-16/h3-5,7-8,10-11,13-14,18H,6,9,12H2,1-2H3/b11-10+/t18-/m0/s1. The van der Waals surface area contributed by atoms with E-state index < -0.39 is 0 Å². The van der Waals surface area contributed by atoms with Crippen LogP contribution in [0.2, 0.25) is 5.02 Å². The summed E-state index contributed by atoms with van der Waals surface area (Å²) in [6.45, 7) is 0.773. The molecule has 0 saturated carbocycles. The van der Waals surface area contributed by atoms with E-state index in [4.69, 9.17) is 21.1 Å². The van der Waals surface area contributed by atoms with E-state index in [1.807, 2.05) is 23.1 Å². The summed E-state index contributed by atoms with van der Waals surface area (Å²) in [6, 6.07) is 13.9. The van der Waals surface area contributed by atoms with E-state index in [0.29, 0.717) is 16.5 Å². The van der Waals surface area contributed by atoms with Gasteiger partial charge in [0.2, 0.25) is 5.91 Å². The Kier molecular flexibility index (Phi) is 5.84. The average Bonchev–Trinajstić information content (AvgIpc) is 3.16. The Labute approximate surface area is 159 Å². The van der Waals surface area contributed by atoms with Crippen molar-refractivity contribution in [1.29, 1.82) is 0 Å². The van der Waals surface area contributed by atoms with Crippen molar-refractivity contribution in [2.45, 2.75) is 18.9 Å². The van der Waals surface area contributed by atoms with Gasteiger partial charge in [-0.25, -0.2) is 0 Å². The number of likely N-dealkylation sites (tertiary alicyclic amines) is 1. The molecule has 1 fully saturated rings. The third-order valence-electron chi connectivity index (χ3n) is 4.59. The second-order valence-electron chi connectivity index (χ2n) is 6.17. The molecular formula is C21H22ClNO3. The third-order valence-corrected chi connectivity index (χ3v) is 4.88. The highest BCUT2D eigenvalue weighted by molar-refractivity contribution is 6.32. The number of nitrogens with zero attached hydrogens (tertiary/aromatic N) is 1. The maximum absolute atomic E-state index is 12.7. The van der Waals surface area contributed by atoms with Crippen molar-refractivity contribution in [2.75, 3.05) is 20.8 Å². The van der Waals surface area contributed by atoms with E-state index in [1.165, 1.54) is 5.56 Å². The summed E-state index contributed by atoms with van der Waals surface area (Å²) in [5.41, 5.74) is 1.97. The van der Waals surface area contributed by atoms with Crippen LogP contribution in [0, 0.1) is 0 Å². The number of hydrogen-bond acceptors (Lipinski definition) is 3. The number of rotatable bonds is 5. The zero-order valence-corrected chi connectivity index (χ0v) is 15.7. The van der Waals surface area contributed by atoms with Gasteiger partial charge in [0.1, 0.15) is 0 Å². The normalized spacial score (nSPS) is 16.9. The first kappa shape index (κ1) is 18.3. The molecule has 0 spiro atoms. The van der Waals surface area contributed by atoms with E-state index in [0.717, 1.165) is 24.9 Å². The number of methoxy groups -OCH3 is 2. The van der Waals surface area contributed by atoms with Gasteiger partial charge in [0.15, 0.2) is 11.5 Å². The minimum absolute atomic E-state index is 0.00209. The summed E-state index contributed by atoms with van der Waals surface area (Å²) in [4.78, 5) is 14.6. The van der Waals surface area contributed by atoms with Gasteiger partial charge < -0.3 is 14.4 Å². The number of halogens is 1. The second-order valence-corrected chi connectivity index (χ2v) is 6.58. The van der Waals surface area contributed by atoms with E-state index in [9.17, 15) is 4.79 Å². The fourth-order valence-corrected chi connectivity index (χ4v) is 3.65. The molecule has 26 heavy (non-hydrogen) atoms. The molecule has 1 heterocycles.